The molecule has 1 nitrogen and oxygen atoms in total. The molecule has 0 aliphatic carbocycles. The molecule has 1 heteroatoms. The first-order chi connectivity index (χ1) is 9.16. The maximum absolute atomic E-state index is 2.42. The number of hydrogen-bond acceptors (Lipinski definition) is 0. The number of rotatable bonds is 2. The van der Waals surface area contributed by atoms with E-state index in [2.05, 4.69) is 79.9 Å². The van der Waals surface area contributed by atoms with E-state index < -0.39 is 0 Å². The van der Waals surface area contributed by atoms with Crippen LogP contribution in [0.4, 0.5) is 0 Å². The van der Waals surface area contributed by atoms with Gasteiger partial charge in [-0.1, -0.05) is 42.0 Å². The van der Waals surface area contributed by atoms with Crippen molar-refractivity contribution in [3.05, 3.63) is 60.2 Å². The monoisotopic (exact) mass is 249 g/mol. The number of fused-ring (bicyclic) bond motifs is 1. The third kappa shape index (κ3) is 2.06. The number of aryl methyl sites for hydroxylation is 1. The van der Waals surface area contributed by atoms with Gasteiger partial charge in [-0.15, -0.1) is 0 Å². The van der Waals surface area contributed by atoms with Crippen molar-refractivity contribution in [3.8, 4) is 11.3 Å². The molecule has 3 aromatic rings. The highest BCUT2D eigenvalue weighted by Gasteiger charge is 2.12. The molecule has 0 spiro atoms. The molecule has 0 saturated heterocycles. The smallest absolute Gasteiger partial charge is 0.0493 e. The van der Waals surface area contributed by atoms with Crippen molar-refractivity contribution in [1.82, 2.24) is 4.57 Å². The summed E-state index contributed by atoms with van der Waals surface area (Å²) < 4.78 is 2.42. The summed E-state index contributed by atoms with van der Waals surface area (Å²) in [6, 6.07) is 20.1. The summed E-state index contributed by atoms with van der Waals surface area (Å²) >= 11 is 0. The van der Waals surface area contributed by atoms with E-state index in [9.17, 15) is 0 Å². The fraction of sp³-hybridized carbons (Fsp3) is 0.222. The molecule has 0 N–H and O–H groups in total. The highest BCUT2D eigenvalue weighted by Crippen LogP contribution is 2.31. The second-order valence-electron chi connectivity index (χ2n) is 5.42. The first-order valence-corrected chi connectivity index (χ1v) is 6.84. The summed E-state index contributed by atoms with van der Waals surface area (Å²) in [4.78, 5) is 0. The second-order valence-corrected chi connectivity index (χ2v) is 5.42. The molecule has 3 rings (SSSR count). The Morgan fingerprint density at radius 1 is 0.895 bits per heavy atom. The third-order valence-corrected chi connectivity index (χ3v) is 3.58. The minimum atomic E-state index is 0.454. The molecule has 0 amide bonds. The number of nitrogens with zero attached hydrogens (tertiary/aromatic N) is 1. The lowest BCUT2D eigenvalue weighted by Gasteiger charge is -2.15. The summed E-state index contributed by atoms with van der Waals surface area (Å²) in [5, 5.41) is 1.33. The van der Waals surface area contributed by atoms with E-state index in [-0.39, 0.29) is 0 Å². The van der Waals surface area contributed by atoms with Crippen molar-refractivity contribution >= 4 is 10.9 Å². The highest BCUT2D eigenvalue weighted by atomic mass is 15.0. The van der Waals surface area contributed by atoms with Crippen molar-refractivity contribution in [2.75, 3.05) is 0 Å². The lowest BCUT2D eigenvalue weighted by Crippen LogP contribution is -2.02. The van der Waals surface area contributed by atoms with Crippen LogP contribution in [-0.2, 0) is 0 Å². The number of benzene rings is 2. The van der Waals surface area contributed by atoms with E-state index in [1.54, 1.807) is 0 Å². The van der Waals surface area contributed by atoms with E-state index >= 15 is 0 Å². The first kappa shape index (κ1) is 12.0. The Bertz CT molecular complexity index is 705. The minimum absolute atomic E-state index is 0.454. The summed E-state index contributed by atoms with van der Waals surface area (Å²) in [5.74, 6) is 0. The lowest BCUT2D eigenvalue weighted by atomic mass is 10.1. The second kappa shape index (κ2) is 4.58. The van der Waals surface area contributed by atoms with Crippen LogP contribution >= 0.6 is 0 Å². The maximum Gasteiger partial charge on any atom is 0.0493 e. The fourth-order valence-electron chi connectivity index (χ4n) is 2.74. The van der Waals surface area contributed by atoms with Gasteiger partial charge in [0.1, 0.15) is 0 Å². The first-order valence-electron chi connectivity index (χ1n) is 6.84. The Balaban J connectivity index is 2.32. The van der Waals surface area contributed by atoms with Crippen LogP contribution in [0.3, 0.4) is 0 Å². The SMILES string of the molecule is Cc1ccc2c(c1)cc(-c1ccccc1)n2C(C)C. The van der Waals surface area contributed by atoms with Gasteiger partial charge >= 0.3 is 0 Å². The van der Waals surface area contributed by atoms with Crippen molar-refractivity contribution in [1.29, 1.82) is 0 Å². The predicted octanol–water partition coefficient (Wildman–Crippen LogP) is 5.20. The standard InChI is InChI=1S/C18H19N/c1-13(2)19-17-10-9-14(3)11-16(17)12-18(19)15-7-5-4-6-8-15/h4-13H,1-3H3. The normalized spacial score (nSPS) is 11.4. The van der Waals surface area contributed by atoms with E-state index in [0.717, 1.165) is 0 Å². The Hall–Kier alpha value is -2.02. The van der Waals surface area contributed by atoms with Crippen molar-refractivity contribution in [3.63, 3.8) is 0 Å². The maximum atomic E-state index is 2.42. The molecule has 2 aromatic carbocycles. The molecule has 0 aliphatic heterocycles. The zero-order valence-electron chi connectivity index (χ0n) is 11.7. The van der Waals surface area contributed by atoms with Gasteiger partial charge in [0.15, 0.2) is 0 Å². The van der Waals surface area contributed by atoms with Crippen LogP contribution in [0, 0.1) is 6.92 Å². The van der Waals surface area contributed by atoms with Crippen LogP contribution in [-0.4, -0.2) is 4.57 Å². The predicted molar refractivity (Wildman–Crippen MR) is 82.5 cm³/mol. The molecule has 96 valence electrons. The Morgan fingerprint density at radius 3 is 2.32 bits per heavy atom. The molecule has 0 fully saturated rings. The summed E-state index contributed by atoms with van der Waals surface area (Å²) in [5.41, 5.74) is 5.22. The summed E-state index contributed by atoms with van der Waals surface area (Å²) in [6.07, 6.45) is 0. The zero-order chi connectivity index (χ0) is 13.4. The van der Waals surface area contributed by atoms with Crippen LogP contribution in [0.25, 0.3) is 22.2 Å². The molecule has 0 aliphatic rings. The Morgan fingerprint density at radius 2 is 1.63 bits per heavy atom. The van der Waals surface area contributed by atoms with Crippen molar-refractivity contribution in [2.45, 2.75) is 26.8 Å². The molecule has 0 saturated carbocycles. The van der Waals surface area contributed by atoms with Gasteiger partial charge in [0, 0.05) is 22.6 Å². The van der Waals surface area contributed by atoms with Gasteiger partial charge in [-0.25, -0.2) is 0 Å². The van der Waals surface area contributed by atoms with Gasteiger partial charge in [0.25, 0.3) is 0 Å². The molecule has 0 radical (unpaired) electrons. The van der Waals surface area contributed by atoms with E-state index in [1.807, 2.05) is 0 Å². The van der Waals surface area contributed by atoms with E-state index in [4.69, 9.17) is 0 Å². The highest BCUT2D eigenvalue weighted by molar-refractivity contribution is 5.87. The largest absolute Gasteiger partial charge is 0.338 e. The fourth-order valence-corrected chi connectivity index (χ4v) is 2.74. The van der Waals surface area contributed by atoms with Crippen LogP contribution in [0.1, 0.15) is 25.5 Å². The van der Waals surface area contributed by atoms with Crippen molar-refractivity contribution in [2.24, 2.45) is 0 Å². The average Bonchev–Trinajstić information content (AvgIpc) is 2.78. The Labute approximate surface area is 114 Å². The summed E-state index contributed by atoms with van der Waals surface area (Å²) in [7, 11) is 0. The van der Waals surface area contributed by atoms with Gasteiger partial charge in [-0.05, 0) is 44.5 Å². The van der Waals surface area contributed by atoms with Gasteiger partial charge in [-0.2, -0.15) is 0 Å². The third-order valence-electron chi connectivity index (χ3n) is 3.58. The van der Waals surface area contributed by atoms with Gasteiger partial charge < -0.3 is 4.57 Å². The molecule has 0 unspecified atom stereocenters. The molecule has 19 heavy (non-hydrogen) atoms. The van der Waals surface area contributed by atoms with Crippen molar-refractivity contribution < 1.29 is 0 Å². The topological polar surface area (TPSA) is 4.93 Å². The van der Waals surface area contributed by atoms with Gasteiger partial charge in [0.2, 0.25) is 0 Å². The van der Waals surface area contributed by atoms with Crippen LogP contribution in [0.15, 0.2) is 54.6 Å². The number of hydrogen-bond donors (Lipinski definition) is 0. The quantitative estimate of drug-likeness (QED) is 0.588. The van der Waals surface area contributed by atoms with Crippen LogP contribution < -0.4 is 0 Å². The molecular formula is C18H19N. The van der Waals surface area contributed by atoms with Gasteiger partial charge in [0.05, 0.1) is 0 Å². The molecule has 0 atom stereocenters. The molecule has 1 aromatic heterocycles. The van der Waals surface area contributed by atoms with Crippen LogP contribution in [0.2, 0.25) is 0 Å². The minimum Gasteiger partial charge on any atom is -0.338 e. The molecule has 1 heterocycles. The molecular weight excluding hydrogens is 230 g/mol. The molecule has 0 bridgehead atoms. The number of aromatic nitrogens is 1. The van der Waals surface area contributed by atoms with Crippen LogP contribution in [0.5, 0.6) is 0 Å². The Kier molecular flexibility index (Phi) is 2.90. The lowest BCUT2D eigenvalue weighted by molar-refractivity contribution is 0.629. The summed E-state index contributed by atoms with van der Waals surface area (Å²) in [6.45, 7) is 6.63. The average molecular weight is 249 g/mol. The van der Waals surface area contributed by atoms with E-state index in [0.29, 0.717) is 6.04 Å². The van der Waals surface area contributed by atoms with E-state index in [1.165, 1.54) is 27.7 Å². The van der Waals surface area contributed by atoms with Gasteiger partial charge in [-0.3, -0.25) is 0 Å². The zero-order valence-corrected chi connectivity index (χ0v) is 11.7.